The van der Waals surface area contributed by atoms with Crippen molar-refractivity contribution in [2.45, 2.75) is 12.0 Å². The lowest BCUT2D eigenvalue weighted by atomic mass is 9.91. The van der Waals surface area contributed by atoms with Crippen LogP contribution in [0.2, 0.25) is 0 Å². The van der Waals surface area contributed by atoms with E-state index in [1.54, 1.807) is 14.2 Å². The second-order valence-corrected chi connectivity index (χ2v) is 3.84. The lowest BCUT2D eigenvalue weighted by molar-refractivity contribution is -0.0509. The van der Waals surface area contributed by atoms with E-state index in [-0.39, 0.29) is 5.60 Å². The van der Waals surface area contributed by atoms with Crippen LogP contribution in [0.1, 0.15) is 5.69 Å². The van der Waals surface area contributed by atoms with Gasteiger partial charge in [0.2, 0.25) is 5.88 Å². The van der Waals surface area contributed by atoms with Crippen LogP contribution in [0.5, 0.6) is 5.88 Å². The second kappa shape index (κ2) is 4.16. The SMILES string of the molecule is COc1cccc(CC2(OC)CNC2)n1. The number of ether oxygens (including phenoxy) is 2. The average molecular weight is 208 g/mol. The molecule has 1 saturated heterocycles. The summed E-state index contributed by atoms with van der Waals surface area (Å²) in [5.74, 6) is 0.658. The molecule has 1 aromatic rings. The van der Waals surface area contributed by atoms with Crippen LogP contribution in [0.4, 0.5) is 0 Å². The molecule has 15 heavy (non-hydrogen) atoms. The standard InChI is InChI=1S/C11H16N2O2/c1-14-10-5-3-4-9(13-10)6-11(15-2)7-12-8-11/h3-5,12H,6-8H2,1-2H3. The highest BCUT2D eigenvalue weighted by atomic mass is 16.5. The zero-order valence-corrected chi connectivity index (χ0v) is 9.12. The Morgan fingerprint density at radius 1 is 1.40 bits per heavy atom. The predicted molar refractivity (Wildman–Crippen MR) is 57.1 cm³/mol. The Kier molecular flexibility index (Phi) is 2.88. The highest BCUT2D eigenvalue weighted by Crippen LogP contribution is 2.21. The molecule has 0 saturated carbocycles. The normalized spacial score (nSPS) is 18.3. The first-order valence-corrected chi connectivity index (χ1v) is 5.04. The minimum absolute atomic E-state index is 0.0701. The van der Waals surface area contributed by atoms with Gasteiger partial charge in [0.25, 0.3) is 0 Å². The van der Waals surface area contributed by atoms with Crippen LogP contribution in [0.25, 0.3) is 0 Å². The van der Waals surface area contributed by atoms with Gasteiger partial charge in [0.15, 0.2) is 0 Å². The van der Waals surface area contributed by atoms with Crippen LogP contribution >= 0.6 is 0 Å². The van der Waals surface area contributed by atoms with E-state index in [0.29, 0.717) is 5.88 Å². The number of rotatable bonds is 4. The third-order valence-electron chi connectivity index (χ3n) is 2.82. The van der Waals surface area contributed by atoms with E-state index in [9.17, 15) is 0 Å². The molecule has 0 amide bonds. The van der Waals surface area contributed by atoms with Crippen molar-refractivity contribution in [3.63, 3.8) is 0 Å². The monoisotopic (exact) mass is 208 g/mol. The van der Waals surface area contributed by atoms with Gasteiger partial charge in [0, 0.05) is 38.4 Å². The number of aromatic nitrogens is 1. The number of nitrogens with zero attached hydrogens (tertiary/aromatic N) is 1. The van der Waals surface area contributed by atoms with Gasteiger partial charge in [-0.15, -0.1) is 0 Å². The zero-order valence-electron chi connectivity index (χ0n) is 9.12. The average Bonchev–Trinajstić information content (AvgIpc) is 2.24. The summed E-state index contributed by atoms with van der Waals surface area (Å²) in [5.41, 5.74) is 0.942. The van der Waals surface area contributed by atoms with Gasteiger partial charge in [-0.2, -0.15) is 0 Å². The van der Waals surface area contributed by atoms with Gasteiger partial charge in [0.1, 0.15) is 0 Å². The van der Waals surface area contributed by atoms with Gasteiger partial charge in [0.05, 0.1) is 12.7 Å². The molecule has 82 valence electrons. The number of methoxy groups -OCH3 is 2. The Hall–Kier alpha value is -1.13. The summed E-state index contributed by atoms with van der Waals surface area (Å²) in [6, 6.07) is 5.81. The minimum atomic E-state index is -0.0701. The highest BCUT2D eigenvalue weighted by molar-refractivity contribution is 5.18. The van der Waals surface area contributed by atoms with Gasteiger partial charge in [-0.25, -0.2) is 4.98 Å². The fourth-order valence-corrected chi connectivity index (χ4v) is 1.75. The lowest BCUT2D eigenvalue weighted by Gasteiger charge is -2.41. The van der Waals surface area contributed by atoms with Crippen LogP contribution in [0, 0.1) is 0 Å². The van der Waals surface area contributed by atoms with Crippen molar-refractivity contribution in [2.24, 2.45) is 0 Å². The van der Waals surface area contributed by atoms with Crippen molar-refractivity contribution in [2.75, 3.05) is 27.3 Å². The number of nitrogens with one attached hydrogen (secondary N) is 1. The Morgan fingerprint density at radius 3 is 2.73 bits per heavy atom. The van der Waals surface area contributed by atoms with Gasteiger partial charge in [-0.05, 0) is 6.07 Å². The molecule has 0 aliphatic carbocycles. The molecule has 0 bridgehead atoms. The van der Waals surface area contributed by atoms with Crippen LogP contribution in [0.15, 0.2) is 18.2 Å². The molecule has 1 aromatic heterocycles. The van der Waals surface area contributed by atoms with Crippen LogP contribution in [-0.2, 0) is 11.2 Å². The Balaban J connectivity index is 2.09. The molecule has 2 heterocycles. The molecule has 0 spiro atoms. The van der Waals surface area contributed by atoms with E-state index in [4.69, 9.17) is 9.47 Å². The maximum atomic E-state index is 5.51. The summed E-state index contributed by atoms with van der Waals surface area (Å²) in [6.45, 7) is 1.78. The molecule has 0 radical (unpaired) electrons. The Morgan fingerprint density at radius 2 is 2.20 bits per heavy atom. The van der Waals surface area contributed by atoms with Crippen molar-refractivity contribution in [1.29, 1.82) is 0 Å². The summed E-state index contributed by atoms with van der Waals surface area (Å²) >= 11 is 0. The summed E-state index contributed by atoms with van der Waals surface area (Å²) in [5, 5.41) is 3.22. The molecule has 0 aromatic carbocycles. The first-order chi connectivity index (χ1) is 7.28. The zero-order chi connectivity index (χ0) is 10.7. The molecule has 4 nitrogen and oxygen atoms in total. The van der Waals surface area contributed by atoms with Crippen LogP contribution in [0.3, 0.4) is 0 Å². The summed E-state index contributed by atoms with van der Waals surface area (Å²) in [6.07, 6.45) is 0.827. The maximum Gasteiger partial charge on any atom is 0.213 e. The smallest absolute Gasteiger partial charge is 0.213 e. The topological polar surface area (TPSA) is 43.4 Å². The molecule has 1 aliphatic heterocycles. The van der Waals surface area contributed by atoms with E-state index in [2.05, 4.69) is 10.3 Å². The van der Waals surface area contributed by atoms with Gasteiger partial charge in [-0.3, -0.25) is 0 Å². The van der Waals surface area contributed by atoms with E-state index in [1.165, 1.54) is 0 Å². The van der Waals surface area contributed by atoms with Gasteiger partial charge >= 0.3 is 0 Å². The fourth-order valence-electron chi connectivity index (χ4n) is 1.75. The number of hydrogen-bond acceptors (Lipinski definition) is 4. The van der Waals surface area contributed by atoms with Gasteiger partial charge in [-0.1, -0.05) is 6.07 Å². The molecule has 1 N–H and O–H groups in total. The number of pyridine rings is 1. The van der Waals surface area contributed by atoms with Crippen molar-refractivity contribution in [3.05, 3.63) is 23.9 Å². The molecule has 0 atom stereocenters. The quantitative estimate of drug-likeness (QED) is 0.787. The van der Waals surface area contributed by atoms with E-state index >= 15 is 0 Å². The van der Waals surface area contributed by atoms with E-state index in [0.717, 1.165) is 25.2 Å². The molecule has 0 unspecified atom stereocenters. The summed E-state index contributed by atoms with van der Waals surface area (Å²) in [4.78, 5) is 4.38. The fraction of sp³-hybridized carbons (Fsp3) is 0.545. The molecular formula is C11H16N2O2. The third kappa shape index (κ3) is 2.11. The van der Waals surface area contributed by atoms with Crippen molar-refractivity contribution >= 4 is 0 Å². The van der Waals surface area contributed by atoms with Gasteiger partial charge < -0.3 is 14.8 Å². The maximum absolute atomic E-state index is 5.51. The number of hydrogen-bond donors (Lipinski definition) is 1. The van der Waals surface area contributed by atoms with Crippen molar-refractivity contribution in [3.8, 4) is 5.88 Å². The van der Waals surface area contributed by atoms with E-state index in [1.807, 2.05) is 18.2 Å². The Labute approximate surface area is 89.6 Å². The van der Waals surface area contributed by atoms with E-state index < -0.39 is 0 Å². The largest absolute Gasteiger partial charge is 0.481 e. The first kappa shape index (κ1) is 10.4. The summed E-state index contributed by atoms with van der Waals surface area (Å²) in [7, 11) is 3.38. The molecule has 2 rings (SSSR count). The third-order valence-corrected chi connectivity index (χ3v) is 2.82. The second-order valence-electron chi connectivity index (χ2n) is 3.84. The highest BCUT2D eigenvalue weighted by Gasteiger charge is 2.37. The lowest BCUT2D eigenvalue weighted by Crippen LogP contribution is -2.62. The molecule has 1 aliphatic rings. The summed E-state index contributed by atoms with van der Waals surface area (Å²) < 4.78 is 10.6. The predicted octanol–water partition coefficient (Wildman–Crippen LogP) is 0.621. The first-order valence-electron chi connectivity index (χ1n) is 5.04. The minimum Gasteiger partial charge on any atom is -0.481 e. The van der Waals surface area contributed by atoms with Crippen LogP contribution in [-0.4, -0.2) is 37.9 Å². The molecule has 4 heteroatoms. The van der Waals surface area contributed by atoms with Crippen molar-refractivity contribution in [1.82, 2.24) is 10.3 Å². The Bertz CT molecular complexity index is 332. The molecule has 1 fully saturated rings. The van der Waals surface area contributed by atoms with Crippen molar-refractivity contribution < 1.29 is 9.47 Å². The molecular weight excluding hydrogens is 192 g/mol. The van der Waals surface area contributed by atoms with Crippen LogP contribution < -0.4 is 10.1 Å².